The van der Waals surface area contributed by atoms with Crippen LogP contribution in [0.15, 0.2) is 42.6 Å². The maximum Gasteiger partial charge on any atom is 0.146 e. The zero-order chi connectivity index (χ0) is 18.4. The van der Waals surface area contributed by atoms with Gasteiger partial charge in [0.1, 0.15) is 13.8 Å². The Morgan fingerprint density at radius 2 is 1.76 bits per heavy atom. The Kier molecular flexibility index (Phi) is 6.83. The quantitative estimate of drug-likeness (QED) is 0.634. The van der Waals surface area contributed by atoms with Gasteiger partial charge in [0, 0.05) is 11.5 Å². The first-order chi connectivity index (χ1) is 12.0. The third-order valence-electron chi connectivity index (χ3n) is 5.47. The molecule has 1 aromatic heterocycles. The number of pyridine rings is 1. The van der Waals surface area contributed by atoms with E-state index in [2.05, 4.69) is 65.0 Å². The number of benzene rings is 1. The first kappa shape index (κ1) is 19.7. The molecule has 0 atom stereocenters. The topological polar surface area (TPSA) is 22.1 Å². The van der Waals surface area contributed by atoms with Crippen molar-refractivity contribution in [2.75, 3.05) is 7.11 Å². The number of aryl methyl sites for hydroxylation is 1. The summed E-state index contributed by atoms with van der Waals surface area (Å²) in [6, 6.07) is 13.1. The predicted molar refractivity (Wildman–Crippen MR) is 111 cm³/mol. The molecule has 0 aliphatic rings. The van der Waals surface area contributed by atoms with Crippen LogP contribution >= 0.6 is 0 Å². The van der Waals surface area contributed by atoms with E-state index in [4.69, 9.17) is 9.72 Å². The minimum absolute atomic E-state index is 0.565. The Morgan fingerprint density at radius 3 is 2.28 bits per heavy atom. The summed E-state index contributed by atoms with van der Waals surface area (Å²) in [5.74, 6) is 0.962. The largest absolute Gasteiger partial charge is 0.497 e. The van der Waals surface area contributed by atoms with Crippen molar-refractivity contribution >= 4 is 18.6 Å². The lowest BCUT2D eigenvalue weighted by Gasteiger charge is -2.40. The first-order valence-corrected chi connectivity index (χ1v) is 11.7. The van der Waals surface area contributed by atoms with Gasteiger partial charge in [-0.15, -0.1) is 0 Å². The summed E-state index contributed by atoms with van der Waals surface area (Å²) in [4.78, 5) is 4.87. The lowest BCUT2D eigenvalue weighted by molar-refractivity contribution is 0.415. The Labute approximate surface area is 154 Å². The van der Waals surface area contributed by atoms with E-state index in [1.807, 2.05) is 12.3 Å². The van der Waals surface area contributed by atoms with Gasteiger partial charge in [0.25, 0.3) is 0 Å². The van der Waals surface area contributed by atoms with Gasteiger partial charge in [-0.25, -0.2) is 0 Å². The summed E-state index contributed by atoms with van der Waals surface area (Å²) < 4.78 is 5.61. The molecule has 25 heavy (non-hydrogen) atoms. The number of hydrogen-bond donors (Lipinski definition) is 0. The summed E-state index contributed by atoms with van der Waals surface area (Å²) in [5.41, 5.74) is 2.62. The minimum Gasteiger partial charge on any atom is -0.497 e. The molecule has 0 spiro atoms. The molecule has 0 amide bonds. The average Bonchev–Trinajstić information content (AvgIpc) is 2.61. The van der Waals surface area contributed by atoms with Crippen molar-refractivity contribution < 1.29 is 4.74 Å². The molecular formula is C22H33NOSi. The van der Waals surface area contributed by atoms with Gasteiger partial charge >= 0.3 is 0 Å². The van der Waals surface area contributed by atoms with E-state index < -0.39 is 8.07 Å². The molecule has 0 bridgehead atoms. The van der Waals surface area contributed by atoms with E-state index in [-0.39, 0.29) is 0 Å². The standard InChI is InChI=1S/C22H33NOSi/c1-7-8-11-19-13-14-20(24-6)16-21(19)25(17(2)3,18(4)5)22-12-9-10-15-23-22/h9-10,12-18H,7-8,11H2,1-6H3. The Balaban J connectivity index is 2.77. The van der Waals surface area contributed by atoms with Gasteiger partial charge in [-0.1, -0.05) is 53.2 Å². The first-order valence-electron chi connectivity index (χ1n) is 9.57. The Bertz CT molecular complexity index is 659. The highest BCUT2D eigenvalue weighted by Crippen LogP contribution is 2.33. The number of methoxy groups -OCH3 is 1. The van der Waals surface area contributed by atoms with Crippen LogP contribution in [0.4, 0.5) is 0 Å². The molecule has 0 fully saturated rings. The van der Waals surface area contributed by atoms with Gasteiger partial charge in [0.05, 0.1) is 7.11 Å². The molecule has 0 radical (unpaired) electrons. The molecule has 0 unspecified atom stereocenters. The van der Waals surface area contributed by atoms with Gasteiger partial charge in [0.2, 0.25) is 0 Å². The van der Waals surface area contributed by atoms with Crippen molar-refractivity contribution in [1.29, 1.82) is 0 Å². The predicted octanol–water partition coefficient (Wildman–Crippen LogP) is 4.82. The highest BCUT2D eigenvalue weighted by Gasteiger charge is 2.46. The third-order valence-corrected chi connectivity index (χ3v) is 11.6. The molecular weight excluding hydrogens is 322 g/mol. The second-order valence-electron chi connectivity index (χ2n) is 7.52. The number of hydrogen-bond acceptors (Lipinski definition) is 2. The fraction of sp³-hybridized carbons (Fsp3) is 0.500. The molecule has 0 saturated carbocycles. The van der Waals surface area contributed by atoms with Crippen LogP contribution in [-0.2, 0) is 6.42 Å². The summed E-state index contributed by atoms with van der Waals surface area (Å²) in [6.45, 7) is 11.8. The highest BCUT2D eigenvalue weighted by atomic mass is 28.3. The fourth-order valence-corrected chi connectivity index (χ4v) is 10.1. The van der Waals surface area contributed by atoms with E-state index in [1.54, 1.807) is 7.11 Å². The number of ether oxygens (including phenoxy) is 1. The SMILES string of the molecule is CCCCc1ccc(OC)cc1[Si](c1ccccn1)(C(C)C)C(C)C. The van der Waals surface area contributed by atoms with Gasteiger partial charge in [-0.05, 0) is 58.9 Å². The van der Waals surface area contributed by atoms with Crippen molar-refractivity contribution in [2.45, 2.75) is 65.0 Å². The van der Waals surface area contributed by atoms with Crippen LogP contribution in [0, 0.1) is 0 Å². The average molecular weight is 356 g/mol. The van der Waals surface area contributed by atoms with Crippen molar-refractivity contribution in [1.82, 2.24) is 4.98 Å². The molecule has 0 aliphatic carbocycles. The molecule has 0 N–H and O–H groups in total. The van der Waals surface area contributed by atoms with Crippen molar-refractivity contribution in [3.8, 4) is 5.75 Å². The highest BCUT2D eigenvalue weighted by molar-refractivity contribution is 7.03. The maximum atomic E-state index is 5.61. The smallest absolute Gasteiger partial charge is 0.146 e. The minimum atomic E-state index is -2.04. The van der Waals surface area contributed by atoms with Gasteiger partial charge in [-0.2, -0.15) is 0 Å². The van der Waals surface area contributed by atoms with Crippen LogP contribution in [0.3, 0.4) is 0 Å². The van der Waals surface area contributed by atoms with Crippen LogP contribution in [0.1, 0.15) is 53.0 Å². The lowest BCUT2D eigenvalue weighted by Crippen LogP contribution is -2.64. The molecule has 1 heterocycles. The lowest BCUT2D eigenvalue weighted by atomic mass is 10.1. The van der Waals surface area contributed by atoms with Crippen molar-refractivity contribution in [3.63, 3.8) is 0 Å². The maximum absolute atomic E-state index is 5.61. The molecule has 2 rings (SSSR count). The second kappa shape index (κ2) is 8.66. The number of aromatic nitrogens is 1. The van der Waals surface area contributed by atoms with Crippen LogP contribution in [0.5, 0.6) is 5.75 Å². The normalized spacial score (nSPS) is 12.0. The van der Waals surface area contributed by atoms with E-state index >= 15 is 0 Å². The number of unbranched alkanes of at least 4 members (excludes halogenated alkanes) is 1. The number of rotatable bonds is 8. The molecule has 2 nitrogen and oxygen atoms in total. The molecule has 0 aliphatic heterocycles. The van der Waals surface area contributed by atoms with Gasteiger partial charge < -0.3 is 4.74 Å². The van der Waals surface area contributed by atoms with Gasteiger partial charge in [0.15, 0.2) is 0 Å². The van der Waals surface area contributed by atoms with E-state index in [0.717, 1.165) is 12.2 Å². The molecule has 2 aromatic rings. The molecule has 3 heteroatoms. The Hall–Kier alpha value is -1.61. The summed E-state index contributed by atoms with van der Waals surface area (Å²) in [5, 5.41) is 2.81. The van der Waals surface area contributed by atoms with Crippen LogP contribution in [0.2, 0.25) is 11.1 Å². The van der Waals surface area contributed by atoms with Crippen LogP contribution in [0.25, 0.3) is 0 Å². The summed E-state index contributed by atoms with van der Waals surface area (Å²) in [6.07, 6.45) is 5.53. The van der Waals surface area contributed by atoms with E-state index in [9.17, 15) is 0 Å². The molecule has 1 aromatic carbocycles. The zero-order valence-electron chi connectivity index (χ0n) is 16.7. The monoisotopic (exact) mass is 355 g/mol. The Morgan fingerprint density at radius 1 is 1.04 bits per heavy atom. The van der Waals surface area contributed by atoms with Crippen LogP contribution in [-0.4, -0.2) is 20.2 Å². The fourth-order valence-electron chi connectivity index (χ4n) is 4.28. The third kappa shape index (κ3) is 3.81. The van der Waals surface area contributed by atoms with E-state index in [0.29, 0.717) is 11.1 Å². The van der Waals surface area contributed by atoms with Crippen molar-refractivity contribution in [3.05, 3.63) is 48.2 Å². The van der Waals surface area contributed by atoms with Crippen LogP contribution < -0.4 is 15.2 Å². The van der Waals surface area contributed by atoms with E-state index in [1.165, 1.54) is 28.9 Å². The second-order valence-corrected chi connectivity index (χ2v) is 12.6. The van der Waals surface area contributed by atoms with Gasteiger partial charge in [-0.3, -0.25) is 4.98 Å². The van der Waals surface area contributed by atoms with Crippen molar-refractivity contribution in [2.24, 2.45) is 0 Å². The molecule has 136 valence electrons. The zero-order valence-corrected chi connectivity index (χ0v) is 17.7. The summed E-state index contributed by atoms with van der Waals surface area (Å²) in [7, 11) is -0.272. The number of nitrogens with zero attached hydrogens (tertiary/aromatic N) is 1. The molecule has 0 saturated heterocycles. The summed E-state index contributed by atoms with van der Waals surface area (Å²) >= 11 is 0.